The first-order valence-corrected chi connectivity index (χ1v) is 4.30. The molecule has 0 radical (unpaired) electrons. The average molecular weight is 189 g/mol. The molecule has 0 saturated heterocycles. The number of hydrogen-bond donors (Lipinski definition) is 1. The van der Waals surface area contributed by atoms with E-state index in [9.17, 15) is 0 Å². The third-order valence-electron chi connectivity index (χ3n) is 1.83. The number of nitrogens with zero attached hydrogens (tertiary/aromatic N) is 4. The predicted octanol–water partition coefficient (Wildman–Crippen LogP) is 0.612. The SMILES string of the molecule is Cc1cc(Cn2ccnc2)nc(N)n1. The van der Waals surface area contributed by atoms with E-state index in [1.165, 1.54) is 0 Å². The summed E-state index contributed by atoms with van der Waals surface area (Å²) in [7, 11) is 0. The second kappa shape index (κ2) is 3.45. The Morgan fingerprint density at radius 3 is 2.93 bits per heavy atom. The molecule has 0 atom stereocenters. The molecule has 0 fully saturated rings. The van der Waals surface area contributed by atoms with E-state index in [-0.39, 0.29) is 0 Å². The van der Waals surface area contributed by atoms with Crippen molar-refractivity contribution in [3.63, 3.8) is 0 Å². The second-order valence-corrected chi connectivity index (χ2v) is 3.09. The van der Waals surface area contributed by atoms with Crippen LogP contribution in [0.5, 0.6) is 0 Å². The summed E-state index contributed by atoms with van der Waals surface area (Å²) < 4.78 is 1.93. The molecule has 2 aromatic rings. The first kappa shape index (κ1) is 8.68. The monoisotopic (exact) mass is 189 g/mol. The van der Waals surface area contributed by atoms with Crippen LogP contribution in [0.3, 0.4) is 0 Å². The topological polar surface area (TPSA) is 69.6 Å². The zero-order valence-electron chi connectivity index (χ0n) is 7.88. The van der Waals surface area contributed by atoms with Gasteiger partial charge >= 0.3 is 0 Å². The van der Waals surface area contributed by atoms with Crippen LogP contribution in [0.1, 0.15) is 11.4 Å². The zero-order chi connectivity index (χ0) is 9.97. The Hall–Kier alpha value is -1.91. The molecule has 0 aromatic carbocycles. The number of aryl methyl sites for hydroxylation is 1. The molecule has 0 unspecified atom stereocenters. The molecule has 5 heteroatoms. The van der Waals surface area contributed by atoms with Crippen LogP contribution in [-0.2, 0) is 6.54 Å². The van der Waals surface area contributed by atoms with E-state index < -0.39 is 0 Å². The third kappa shape index (κ3) is 1.87. The van der Waals surface area contributed by atoms with Crippen molar-refractivity contribution >= 4 is 5.95 Å². The van der Waals surface area contributed by atoms with Gasteiger partial charge in [-0.3, -0.25) is 0 Å². The van der Waals surface area contributed by atoms with Crippen molar-refractivity contribution in [2.75, 3.05) is 5.73 Å². The molecule has 2 rings (SSSR count). The minimum atomic E-state index is 0.320. The van der Waals surface area contributed by atoms with Crippen LogP contribution < -0.4 is 5.73 Å². The fraction of sp³-hybridized carbons (Fsp3) is 0.222. The first-order valence-electron chi connectivity index (χ1n) is 4.30. The lowest BCUT2D eigenvalue weighted by Gasteiger charge is -2.03. The molecule has 0 bridgehead atoms. The van der Waals surface area contributed by atoms with Crippen molar-refractivity contribution < 1.29 is 0 Å². The summed E-state index contributed by atoms with van der Waals surface area (Å²) in [5.74, 6) is 0.320. The van der Waals surface area contributed by atoms with Gasteiger partial charge in [0.25, 0.3) is 0 Å². The summed E-state index contributed by atoms with van der Waals surface area (Å²) in [5, 5.41) is 0. The molecule has 2 heterocycles. The fourth-order valence-corrected chi connectivity index (χ4v) is 1.31. The van der Waals surface area contributed by atoms with Crippen LogP contribution in [0.2, 0.25) is 0 Å². The standard InChI is InChI=1S/C9H11N5/c1-7-4-8(13-9(10)12-7)5-14-3-2-11-6-14/h2-4,6H,5H2,1H3,(H2,10,12,13). The maximum Gasteiger partial charge on any atom is 0.220 e. The van der Waals surface area contributed by atoms with Gasteiger partial charge in [0.05, 0.1) is 18.6 Å². The highest BCUT2D eigenvalue weighted by Gasteiger charge is 1.99. The van der Waals surface area contributed by atoms with Gasteiger partial charge in [-0.25, -0.2) is 15.0 Å². The highest BCUT2D eigenvalue weighted by atomic mass is 15.1. The van der Waals surface area contributed by atoms with Crippen LogP contribution in [0.15, 0.2) is 24.8 Å². The summed E-state index contributed by atoms with van der Waals surface area (Å²) >= 11 is 0. The molecular formula is C9H11N5. The number of anilines is 1. The van der Waals surface area contributed by atoms with E-state index in [2.05, 4.69) is 15.0 Å². The summed E-state index contributed by atoms with van der Waals surface area (Å²) in [4.78, 5) is 12.1. The van der Waals surface area contributed by atoms with Crippen molar-refractivity contribution in [3.8, 4) is 0 Å². The van der Waals surface area contributed by atoms with Gasteiger partial charge in [-0.15, -0.1) is 0 Å². The maximum absolute atomic E-state index is 5.54. The van der Waals surface area contributed by atoms with Crippen molar-refractivity contribution in [1.29, 1.82) is 0 Å². The van der Waals surface area contributed by atoms with Crippen molar-refractivity contribution in [1.82, 2.24) is 19.5 Å². The molecule has 0 aliphatic heterocycles. The lowest BCUT2D eigenvalue weighted by molar-refractivity contribution is 0.768. The molecule has 2 aromatic heterocycles. The quantitative estimate of drug-likeness (QED) is 0.751. The molecule has 0 saturated carbocycles. The van der Waals surface area contributed by atoms with Gasteiger partial charge in [0, 0.05) is 18.1 Å². The molecule has 72 valence electrons. The number of hydrogen-bond acceptors (Lipinski definition) is 4. The number of imidazole rings is 1. The summed E-state index contributed by atoms with van der Waals surface area (Å²) in [6.07, 6.45) is 5.36. The Balaban J connectivity index is 2.25. The predicted molar refractivity (Wildman–Crippen MR) is 52.5 cm³/mol. The highest BCUT2D eigenvalue weighted by Crippen LogP contribution is 2.03. The second-order valence-electron chi connectivity index (χ2n) is 3.09. The van der Waals surface area contributed by atoms with Gasteiger partial charge in [-0.2, -0.15) is 0 Å². The molecular weight excluding hydrogens is 178 g/mol. The number of nitrogens with two attached hydrogens (primary N) is 1. The van der Waals surface area contributed by atoms with Crippen LogP contribution in [0, 0.1) is 6.92 Å². The van der Waals surface area contributed by atoms with Crippen LogP contribution in [-0.4, -0.2) is 19.5 Å². The van der Waals surface area contributed by atoms with Gasteiger partial charge in [0.15, 0.2) is 0 Å². The summed E-state index contributed by atoms with van der Waals surface area (Å²) in [5.41, 5.74) is 7.32. The molecule has 0 aliphatic carbocycles. The Morgan fingerprint density at radius 1 is 1.43 bits per heavy atom. The lowest BCUT2D eigenvalue weighted by Crippen LogP contribution is -2.04. The average Bonchev–Trinajstić information content (AvgIpc) is 2.54. The van der Waals surface area contributed by atoms with E-state index in [0.717, 1.165) is 11.4 Å². The van der Waals surface area contributed by atoms with Crippen molar-refractivity contribution in [3.05, 3.63) is 36.2 Å². The summed E-state index contributed by atoms with van der Waals surface area (Å²) in [6, 6.07) is 1.91. The molecule has 0 aliphatic rings. The lowest BCUT2D eigenvalue weighted by atomic mass is 10.3. The fourth-order valence-electron chi connectivity index (χ4n) is 1.31. The van der Waals surface area contributed by atoms with Crippen LogP contribution in [0.25, 0.3) is 0 Å². The zero-order valence-corrected chi connectivity index (χ0v) is 7.88. The Morgan fingerprint density at radius 2 is 2.29 bits per heavy atom. The van der Waals surface area contributed by atoms with Gasteiger partial charge in [-0.1, -0.05) is 0 Å². The molecule has 0 spiro atoms. The first-order chi connectivity index (χ1) is 6.74. The Bertz CT molecular complexity index is 401. The molecule has 14 heavy (non-hydrogen) atoms. The minimum absolute atomic E-state index is 0.320. The normalized spacial score (nSPS) is 10.4. The third-order valence-corrected chi connectivity index (χ3v) is 1.83. The smallest absolute Gasteiger partial charge is 0.220 e. The maximum atomic E-state index is 5.54. The highest BCUT2D eigenvalue weighted by molar-refractivity contribution is 5.21. The number of aromatic nitrogens is 4. The van der Waals surface area contributed by atoms with Gasteiger partial charge in [0.2, 0.25) is 5.95 Å². The van der Waals surface area contributed by atoms with Crippen molar-refractivity contribution in [2.24, 2.45) is 0 Å². The van der Waals surface area contributed by atoms with Gasteiger partial charge in [-0.05, 0) is 13.0 Å². The summed E-state index contributed by atoms with van der Waals surface area (Å²) in [6.45, 7) is 2.57. The van der Waals surface area contributed by atoms with E-state index in [0.29, 0.717) is 12.5 Å². The van der Waals surface area contributed by atoms with E-state index in [1.807, 2.05) is 23.8 Å². The Labute approximate surface area is 81.6 Å². The van der Waals surface area contributed by atoms with Crippen LogP contribution in [0.4, 0.5) is 5.95 Å². The van der Waals surface area contributed by atoms with E-state index >= 15 is 0 Å². The van der Waals surface area contributed by atoms with Gasteiger partial charge in [0.1, 0.15) is 0 Å². The minimum Gasteiger partial charge on any atom is -0.368 e. The largest absolute Gasteiger partial charge is 0.368 e. The van der Waals surface area contributed by atoms with Gasteiger partial charge < -0.3 is 10.3 Å². The number of nitrogen functional groups attached to an aromatic ring is 1. The van der Waals surface area contributed by atoms with E-state index in [1.54, 1.807) is 12.5 Å². The molecule has 5 nitrogen and oxygen atoms in total. The van der Waals surface area contributed by atoms with Crippen molar-refractivity contribution in [2.45, 2.75) is 13.5 Å². The Kier molecular flexibility index (Phi) is 2.14. The molecule has 2 N–H and O–H groups in total. The number of rotatable bonds is 2. The van der Waals surface area contributed by atoms with Crippen LogP contribution >= 0.6 is 0 Å². The molecule has 0 amide bonds. The van der Waals surface area contributed by atoms with E-state index in [4.69, 9.17) is 5.73 Å².